The number of rotatable bonds is 4. The first kappa shape index (κ1) is 11.5. The topological polar surface area (TPSA) is 59.2 Å². The zero-order valence-electron chi connectivity index (χ0n) is 9.22. The van der Waals surface area contributed by atoms with Crippen molar-refractivity contribution in [3.8, 4) is 0 Å². The second-order valence-corrected chi connectivity index (χ2v) is 3.48. The lowest BCUT2D eigenvalue weighted by Gasteiger charge is -2.02. The van der Waals surface area contributed by atoms with E-state index in [1.807, 2.05) is 13.8 Å². The fraction of sp³-hybridized carbons (Fsp3) is 0.455. The standard InChI is InChI=1S/C11H15NO3/c1-7-10(4-5-15-9(3)14)8(2)12-11(7)6-13/h6,12H,4-5H2,1-3H3. The van der Waals surface area contributed by atoms with Crippen LogP contribution in [0.5, 0.6) is 0 Å². The van der Waals surface area contributed by atoms with Gasteiger partial charge in [0.15, 0.2) is 6.29 Å². The minimum absolute atomic E-state index is 0.281. The summed E-state index contributed by atoms with van der Waals surface area (Å²) in [6.45, 7) is 5.53. The molecule has 0 radical (unpaired) electrons. The summed E-state index contributed by atoms with van der Waals surface area (Å²) in [6, 6.07) is 0. The monoisotopic (exact) mass is 209 g/mol. The average molecular weight is 209 g/mol. The minimum Gasteiger partial charge on any atom is -0.466 e. The number of H-pyrrole nitrogens is 1. The Hall–Kier alpha value is -1.58. The Balaban J connectivity index is 2.72. The van der Waals surface area contributed by atoms with Crippen LogP contribution < -0.4 is 0 Å². The average Bonchev–Trinajstić information content (AvgIpc) is 2.44. The van der Waals surface area contributed by atoms with Gasteiger partial charge in [0.2, 0.25) is 0 Å². The zero-order chi connectivity index (χ0) is 11.4. The van der Waals surface area contributed by atoms with Crippen LogP contribution in [-0.2, 0) is 16.0 Å². The van der Waals surface area contributed by atoms with Crippen molar-refractivity contribution in [3.05, 3.63) is 22.5 Å². The second-order valence-electron chi connectivity index (χ2n) is 3.48. The predicted molar refractivity (Wildman–Crippen MR) is 56.0 cm³/mol. The Bertz CT molecular complexity index is 379. The Morgan fingerprint density at radius 2 is 2.13 bits per heavy atom. The number of aldehydes is 1. The third-order valence-electron chi connectivity index (χ3n) is 2.41. The van der Waals surface area contributed by atoms with E-state index < -0.39 is 0 Å². The molecule has 15 heavy (non-hydrogen) atoms. The third kappa shape index (κ3) is 2.68. The van der Waals surface area contributed by atoms with Crippen molar-refractivity contribution in [1.82, 2.24) is 4.98 Å². The van der Waals surface area contributed by atoms with E-state index >= 15 is 0 Å². The number of hydrogen-bond donors (Lipinski definition) is 1. The zero-order valence-corrected chi connectivity index (χ0v) is 9.22. The van der Waals surface area contributed by atoms with Crippen molar-refractivity contribution in [1.29, 1.82) is 0 Å². The Morgan fingerprint density at radius 3 is 2.60 bits per heavy atom. The molecule has 4 heteroatoms. The Kier molecular flexibility index (Phi) is 3.66. The van der Waals surface area contributed by atoms with E-state index in [0.29, 0.717) is 18.7 Å². The molecule has 4 nitrogen and oxygen atoms in total. The van der Waals surface area contributed by atoms with E-state index in [0.717, 1.165) is 23.1 Å². The first-order valence-corrected chi connectivity index (χ1v) is 4.82. The highest BCUT2D eigenvalue weighted by Gasteiger charge is 2.10. The van der Waals surface area contributed by atoms with Gasteiger partial charge < -0.3 is 9.72 Å². The van der Waals surface area contributed by atoms with Gasteiger partial charge in [0.25, 0.3) is 0 Å². The number of ether oxygens (including phenoxy) is 1. The van der Waals surface area contributed by atoms with Gasteiger partial charge in [-0.05, 0) is 25.0 Å². The van der Waals surface area contributed by atoms with E-state index in [-0.39, 0.29) is 5.97 Å². The normalized spacial score (nSPS) is 10.1. The fourth-order valence-electron chi connectivity index (χ4n) is 1.60. The van der Waals surface area contributed by atoms with Crippen molar-refractivity contribution in [2.75, 3.05) is 6.61 Å². The molecule has 1 N–H and O–H groups in total. The molecule has 0 bridgehead atoms. The number of hydrogen-bond acceptors (Lipinski definition) is 3. The maximum absolute atomic E-state index is 10.7. The number of carbonyl (C=O) groups excluding carboxylic acids is 2. The minimum atomic E-state index is -0.281. The predicted octanol–water partition coefficient (Wildman–Crippen LogP) is 1.55. The highest BCUT2D eigenvalue weighted by molar-refractivity contribution is 5.75. The molecular weight excluding hydrogens is 194 g/mol. The van der Waals surface area contributed by atoms with E-state index in [1.165, 1.54) is 6.92 Å². The van der Waals surface area contributed by atoms with Crippen molar-refractivity contribution >= 4 is 12.3 Å². The molecule has 1 heterocycles. The quantitative estimate of drug-likeness (QED) is 0.604. The molecule has 0 saturated heterocycles. The van der Waals surface area contributed by atoms with Crippen LogP contribution in [0.15, 0.2) is 0 Å². The van der Waals surface area contributed by atoms with E-state index in [1.54, 1.807) is 0 Å². The molecule has 0 spiro atoms. The molecule has 82 valence electrons. The largest absolute Gasteiger partial charge is 0.466 e. The van der Waals surface area contributed by atoms with Gasteiger partial charge in [-0.25, -0.2) is 0 Å². The molecular formula is C11H15NO3. The highest BCUT2D eigenvalue weighted by Crippen LogP contribution is 2.16. The summed E-state index contributed by atoms with van der Waals surface area (Å²) in [4.78, 5) is 24.2. The smallest absolute Gasteiger partial charge is 0.302 e. The molecule has 1 aromatic rings. The van der Waals surface area contributed by atoms with E-state index in [2.05, 4.69) is 4.98 Å². The van der Waals surface area contributed by atoms with Gasteiger partial charge in [-0.2, -0.15) is 0 Å². The number of aromatic amines is 1. The van der Waals surface area contributed by atoms with Gasteiger partial charge in [0, 0.05) is 19.0 Å². The van der Waals surface area contributed by atoms with Crippen LogP contribution >= 0.6 is 0 Å². The first-order chi connectivity index (χ1) is 7.06. The van der Waals surface area contributed by atoms with Crippen LogP contribution in [0.25, 0.3) is 0 Å². The molecule has 0 fully saturated rings. The molecule has 0 saturated carbocycles. The first-order valence-electron chi connectivity index (χ1n) is 4.82. The van der Waals surface area contributed by atoms with Crippen molar-refractivity contribution in [2.24, 2.45) is 0 Å². The van der Waals surface area contributed by atoms with Crippen LogP contribution in [0, 0.1) is 13.8 Å². The summed E-state index contributed by atoms with van der Waals surface area (Å²) in [5, 5.41) is 0. The molecule has 0 aliphatic heterocycles. The van der Waals surface area contributed by atoms with Gasteiger partial charge in [-0.3, -0.25) is 9.59 Å². The Labute approximate surface area is 88.6 Å². The fourth-order valence-corrected chi connectivity index (χ4v) is 1.60. The third-order valence-corrected chi connectivity index (χ3v) is 2.41. The maximum Gasteiger partial charge on any atom is 0.302 e. The van der Waals surface area contributed by atoms with Gasteiger partial charge in [0.05, 0.1) is 12.3 Å². The van der Waals surface area contributed by atoms with Crippen molar-refractivity contribution < 1.29 is 14.3 Å². The van der Waals surface area contributed by atoms with Crippen LogP contribution in [0.2, 0.25) is 0 Å². The molecule has 0 atom stereocenters. The van der Waals surface area contributed by atoms with Gasteiger partial charge in [-0.1, -0.05) is 0 Å². The summed E-state index contributed by atoms with van der Waals surface area (Å²) < 4.78 is 4.86. The molecule has 0 unspecified atom stereocenters. The van der Waals surface area contributed by atoms with E-state index in [9.17, 15) is 9.59 Å². The number of aromatic nitrogens is 1. The molecule has 0 amide bonds. The number of aryl methyl sites for hydroxylation is 1. The maximum atomic E-state index is 10.7. The van der Waals surface area contributed by atoms with Crippen molar-refractivity contribution in [3.63, 3.8) is 0 Å². The summed E-state index contributed by atoms with van der Waals surface area (Å²) in [5.41, 5.74) is 3.56. The van der Waals surface area contributed by atoms with Gasteiger partial charge >= 0.3 is 5.97 Å². The van der Waals surface area contributed by atoms with Crippen LogP contribution in [0.1, 0.15) is 34.2 Å². The Morgan fingerprint density at radius 1 is 1.47 bits per heavy atom. The van der Waals surface area contributed by atoms with Crippen LogP contribution in [0.3, 0.4) is 0 Å². The lowest BCUT2D eigenvalue weighted by molar-refractivity contribution is -0.140. The molecule has 1 rings (SSSR count). The molecule has 0 aliphatic carbocycles. The van der Waals surface area contributed by atoms with Gasteiger partial charge in [0.1, 0.15) is 0 Å². The SMILES string of the molecule is CC(=O)OCCc1c(C)[nH]c(C=O)c1C. The molecule has 0 aliphatic rings. The highest BCUT2D eigenvalue weighted by atomic mass is 16.5. The lowest BCUT2D eigenvalue weighted by atomic mass is 10.1. The lowest BCUT2D eigenvalue weighted by Crippen LogP contribution is -2.04. The van der Waals surface area contributed by atoms with Crippen LogP contribution in [0.4, 0.5) is 0 Å². The van der Waals surface area contributed by atoms with E-state index in [4.69, 9.17) is 4.74 Å². The van der Waals surface area contributed by atoms with Gasteiger partial charge in [-0.15, -0.1) is 0 Å². The summed E-state index contributed by atoms with van der Waals surface area (Å²) in [7, 11) is 0. The van der Waals surface area contributed by atoms with Crippen LogP contribution in [-0.4, -0.2) is 23.8 Å². The summed E-state index contributed by atoms with van der Waals surface area (Å²) in [6.07, 6.45) is 1.44. The molecule has 0 aromatic carbocycles. The number of nitrogens with one attached hydrogen (secondary N) is 1. The summed E-state index contributed by atoms with van der Waals surface area (Å²) >= 11 is 0. The number of esters is 1. The van der Waals surface area contributed by atoms with Crippen molar-refractivity contribution in [2.45, 2.75) is 27.2 Å². The molecule has 1 aromatic heterocycles. The second kappa shape index (κ2) is 4.77. The summed E-state index contributed by atoms with van der Waals surface area (Å²) in [5.74, 6) is -0.281. The number of carbonyl (C=O) groups is 2.